The molecule has 0 radical (unpaired) electrons. The van der Waals surface area contributed by atoms with Gasteiger partial charge >= 0.3 is 0 Å². The maximum absolute atomic E-state index is 12.4. The van der Waals surface area contributed by atoms with Gasteiger partial charge in [-0.1, -0.05) is 41.9 Å². The van der Waals surface area contributed by atoms with E-state index >= 15 is 0 Å². The SMILES string of the molecule is C=CC(=O)Nc1cc(Nc2cc(N3OCC[C@@H]3c3cccc(Cl)c3Cl)ncn2)c(OC)cc1N1CCN(C(C)C)CC1. The van der Waals surface area contributed by atoms with Crippen LogP contribution in [0.5, 0.6) is 5.75 Å². The Kier molecular flexibility index (Phi) is 9.37. The highest BCUT2D eigenvalue weighted by Gasteiger charge is 2.31. The number of nitrogens with one attached hydrogen (secondary N) is 2. The van der Waals surface area contributed by atoms with Gasteiger partial charge in [-0.15, -0.1) is 0 Å². The predicted molar refractivity (Wildman–Crippen MR) is 168 cm³/mol. The number of ether oxygens (including phenoxy) is 1. The third kappa shape index (κ3) is 6.42. The Morgan fingerprint density at radius 1 is 1.14 bits per heavy atom. The number of piperazine rings is 1. The Labute approximate surface area is 256 Å². The second-order valence-electron chi connectivity index (χ2n) is 10.4. The van der Waals surface area contributed by atoms with Gasteiger partial charge in [0.05, 0.1) is 46.9 Å². The van der Waals surface area contributed by atoms with E-state index in [0.29, 0.717) is 51.5 Å². The average Bonchev–Trinajstić information content (AvgIpc) is 3.49. The van der Waals surface area contributed by atoms with Crippen molar-refractivity contribution in [2.45, 2.75) is 32.4 Å². The first-order valence-electron chi connectivity index (χ1n) is 13.9. The van der Waals surface area contributed by atoms with E-state index in [1.165, 1.54) is 12.4 Å². The first kappa shape index (κ1) is 29.9. The highest BCUT2D eigenvalue weighted by molar-refractivity contribution is 6.42. The van der Waals surface area contributed by atoms with Gasteiger partial charge in [0.1, 0.15) is 17.9 Å². The predicted octanol–water partition coefficient (Wildman–Crippen LogP) is 6.07. The third-order valence-electron chi connectivity index (χ3n) is 7.53. The van der Waals surface area contributed by atoms with Crippen LogP contribution in [0.3, 0.4) is 0 Å². The molecule has 0 saturated carbocycles. The second kappa shape index (κ2) is 13.2. The Bertz CT molecular complexity index is 1450. The molecule has 12 heteroatoms. The molecular weight excluding hydrogens is 577 g/mol. The smallest absolute Gasteiger partial charge is 0.247 e. The van der Waals surface area contributed by atoms with Crippen LogP contribution < -0.4 is 25.3 Å². The summed E-state index contributed by atoms with van der Waals surface area (Å²) in [5.74, 6) is 1.39. The van der Waals surface area contributed by atoms with E-state index < -0.39 is 0 Å². The first-order chi connectivity index (χ1) is 20.3. The lowest BCUT2D eigenvalue weighted by Crippen LogP contribution is -2.49. The average molecular weight is 613 g/mol. The molecule has 0 spiro atoms. The molecule has 2 aromatic carbocycles. The topological polar surface area (TPSA) is 95.1 Å². The molecule has 2 N–H and O–H groups in total. The van der Waals surface area contributed by atoms with E-state index in [9.17, 15) is 4.79 Å². The lowest BCUT2D eigenvalue weighted by molar-refractivity contribution is -0.111. The van der Waals surface area contributed by atoms with Crippen molar-refractivity contribution in [3.63, 3.8) is 0 Å². The maximum Gasteiger partial charge on any atom is 0.247 e. The fraction of sp³-hybridized carbons (Fsp3) is 0.367. The van der Waals surface area contributed by atoms with Crippen molar-refractivity contribution in [3.05, 3.63) is 71.0 Å². The molecule has 2 aliphatic rings. The molecule has 1 aromatic heterocycles. The number of hydrogen-bond acceptors (Lipinski definition) is 9. The van der Waals surface area contributed by atoms with Gasteiger partial charge in [-0.3, -0.25) is 14.5 Å². The minimum absolute atomic E-state index is 0.162. The molecule has 5 rings (SSSR count). The van der Waals surface area contributed by atoms with Gasteiger partial charge in [-0.2, -0.15) is 0 Å². The van der Waals surface area contributed by atoms with Gasteiger partial charge in [0.2, 0.25) is 5.91 Å². The van der Waals surface area contributed by atoms with Crippen molar-refractivity contribution >= 4 is 57.8 Å². The van der Waals surface area contributed by atoms with Gasteiger partial charge < -0.3 is 20.3 Å². The summed E-state index contributed by atoms with van der Waals surface area (Å²) in [4.78, 5) is 31.9. The third-order valence-corrected chi connectivity index (χ3v) is 8.37. The number of nitrogens with zero attached hydrogens (tertiary/aromatic N) is 5. The van der Waals surface area contributed by atoms with E-state index in [1.807, 2.05) is 24.3 Å². The minimum atomic E-state index is -0.297. The number of methoxy groups -OCH3 is 1. The van der Waals surface area contributed by atoms with Crippen LogP contribution in [0.2, 0.25) is 10.0 Å². The van der Waals surface area contributed by atoms with Crippen molar-refractivity contribution in [3.8, 4) is 5.75 Å². The fourth-order valence-corrected chi connectivity index (χ4v) is 5.72. The summed E-state index contributed by atoms with van der Waals surface area (Å²) in [7, 11) is 1.62. The second-order valence-corrected chi connectivity index (χ2v) is 11.2. The maximum atomic E-state index is 12.4. The van der Waals surface area contributed by atoms with Crippen LogP contribution in [0.4, 0.5) is 28.7 Å². The molecular formula is C30H35Cl2N7O3. The zero-order valence-electron chi connectivity index (χ0n) is 23.9. The molecule has 3 heterocycles. The summed E-state index contributed by atoms with van der Waals surface area (Å²) in [5, 5.41) is 9.02. The number of carbonyl (C=O) groups excluding carboxylic acids is 1. The van der Waals surface area contributed by atoms with Crippen LogP contribution in [0.1, 0.15) is 31.9 Å². The van der Waals surface area contributed by atoms with Crippen LogP contribution in [0.15, 0.2) is 55.4 Å². The van der Waals surface area contributed by atoms with E-state index in [1.54, 1.807) is 24.3 Å². The summed E-state index contributed by atoms with van der Waals surface area (Å²) in [5.41, 5.74) is 3.02. The van der Waals surface area contributed by atoms with E-state index in [-0.39, 0.29) is 11.9 Å². The Morgan fingerprint density at radius 3 is 2.64 bits per heavy atom. The summed E-state index contributed by atoms with van der Waals surface area (Å²) in [6.07, 6.45) is 3.44. The summed E-state index contributed by atoms with van der Waals surface area (Å²) in [6, 6.07) is 11.5. The Morgan fingerprint density at radius 2 is 1.93 bits per heavy atom. The van der Waals surface area contributed by atoms with Crippen LogP contribution in [-0.4, -0.2) is 66.7 Å². The van der Waals surface area contributed by atoms with E-state index in [0.717, 1.165) is 43.9 Å². The number of benzene rings is 2. The molecule has 2 fully saturated rings. The molecule has 3 aromatic rings. The number of amides is 1. The lowest BCUT2D eigenvalue weighted by atomic mass is 10.0. The molecule has 0 unspecified atom stereocenters. The van der Waals surface area contributed by atoms with Crippen molar-refractivity contribution in [2.75, 3.05) is 60.5 Å². The van der Waals surface area contributed by atoms with Crippen molar-refractivity contribution in [1.82, 2.24) is 14.9 Å². The summed E-state index contributed by atoms with van der Waals surface area (Å²) >= 11 is 12.8. The van der Waals surface area contributed by atoms with Gasteiger partial charge in [-0.25, -0.2) is 15.0 Å². The molecule has 222 valence electrons. The molecule has 1 amide bonds. The molecule has 42 heavy (non-hydrogen) atoms. The minimum Gasteiger partial charge on any atom is -0.494 e. The highest BCUT2D eigenvalue weighted by Crippen LogP contribution is 2.41. The number of hydroxylamine groups is 1. The molecule has 0 bridgehead atoms. The number of rotatable bonds is 9. The highest BCUT2D eigenvalue weighted by atomic mass is 35.5. The first-order valence-corrected chi connectivity index (χ1v) is 14.6. The zero-order chi connectivity index (χ0) is 29.8. The Balaban J connectivity index is 1.43. The molecule has 0 aliphatic carbocycles. The van der Waals surface area contributed by atoms with Crippen molar-refractivity contribution in [2.24, 2.45) is 0 Å². The van der Waals surface area contributed by atoms with Crippen LogP contribution in [-0.2, 0) is 9.63 Å². The van der Waals surface area contributed by atoms with Crippen LogP contribution >= 0.6 is 23.2 Å². The van der Waals surface area contributed by atoms with Gasteiger partial charge in [0.25, 0.3) is 0 Å². The quantitative estimate of drug-likeness (QED) is 0.279. The number of hydrogen-bond donors (Lipinski definition) is 2. The van der Waals surface area contributed by atoms with Gasteiger partial charge in [0.15, 0.2) is 5.82 Å². The largest absolute Gasteiger partial charge is 0.494 e. The molecule has 1 atom stereocenters. The normalized spacial score (nSPS) is 17.4. The Hall–Kier alpha value is -3.57. The van der Waals surface area contributed by atoms with Crippen molar-refractivity contribution < 1.29 is 14.4 Å². The monoisotopic (exact) mass is 611 g/mol. The number of aromatic nitrogens is 2. The number of anilines is 5. The summed E-state index contributed by atoms with van der Waals surface area (Å²) in [6.45, 7) is 12.0. The lowest BCUT2D eigenvalue weighted by Gasteiger charge is -2.39. The molecule has 10 nitrogen and oxygen atoms in total. The van der Waals surface area contributed by atoms with E-state index in [4.69, 9.17) is 32.8 Å². The van der Waals surface area contributed by atoms with Gasteiger partial charge in [0, 0.05) is 50.8 Å². The molecule has 2 aliphatic heterocycles. The van der Waals surface area contributed by atoms with Crippen LogP contribution in [0, 0.1) is 0 Å². The summed E-state index contributed by atoms with van der Waals surface area (Å²) < 4.78 is 5.79. The van der Waals surface area contributed by atoms with Crippen molar-refractivity contribution in [1.29, 1.82) is 0 Å². The standard InChI is InChI=1S/C30H35Cl2N7O3/c1-5-29(40)36-22-15-23(26(41-4)16-25(22)38-12-10-37(11-13-38)19(2)3)35-27-17-28(34-18-33-27)39-24(9-14-42-39)20-7-6-8-21(31)30(20)32/h5-8,15-19,24H,1,9-14H2,2-4H3,(H,36,40)(H,33,34,35)/t24-/m1/s1. The van der Waals surface area contributed by atoms with Crippen LogP contribution in [0.25, 0.3) is 0 Å². The molecule has 2 saturated heterocycles. The van der Waals surface area contributed by atoms with E-state index in [2.05, 4.69) is 50.8 Å². The van der Waals surface area contributed by atoms with Gasteiger partial charge in [-0.05, 0) is 37.6 Å². The number of carbonyl (C=O) groups is 1. The number of halogens is 2. The fourth-order valence-electron chi connectivity index (χ4n) is 5.29. The zero-order valence-corrected chi connectivity index (χ0v) is 25.5.